The quantitative estimate of drug-likeness (QED) is 0.0912. The van der Waals surface area contributed by atoms with Gasteiger partial charge in [-0.05, 0) is 78.1 Å². The van der Waals surface area contributed by atoms with Gasteiger partial charge in [0.2, 0.25) is 18.5 Å². The van der Waals surface area contributed by atoms with E-state index in [2.05, 4.69) is 5.32 Å². The number of nitrogens with zero attached hydrogens (tertiary/aromatic N) is 3. The van der Waals surface area contributed by atoms with Crippen molar-refractivity contribution in [3.05, 3.63) is 39.9 Å². The van der Waals surface area contributed by atoms with Crippen LogP contribution in [0.1, 0.15) is 62.4 Å². The molecule has 7 N–H and O–H groups in total. The zero-order valence-corrected chi connectivity index (χ0v) is 30.8. The molecule has 0 aromatic heterocycles. The SMILES string of the molecule is CN(C)c1cc(NC(=O)CN(C(=O)OCOC(=O)C2CCC2)C(C)(C)C)c(O)c2c1C[C@H]1C[C@H]3[C@H](N(C)C)C(O)=C(C(N)=O)C(=O)[C@@]3(O)C(O)=C1C2=O. The number of ketones is 2. The van der Waals surface area contributed by atoms with E-state index in [1.54, 1.807) is 53.9 Å². The number of phenols is 1. The molecule has 0 saturated heterocycles. The number of ether oxygens (including phenoxy) is 2. The van der Waals surface area contributed by atoms with Crippen LogP contribution >= 0.6 is 0 Å². The molecular formula is C36H47N5O12. The van der Waals surface area contributed by atoms with E-state index in [9.17, 15) is 49.2 Å². The minimum absolute atomic E-state index is 0.0405. The molecule has 4 aliphatic rings. The van der Waals surface area contributed by atoms with Crippen molar-refractivity contribution in [1.82, 2.24) is 9.80 Å². The Balaban J connectivity index is 1.47. The molecule has 1 aromatic carbocycles. The van der Waals surface area contributed by atoms with Gasteiger partial charge in [-0.2, -0.15) is 0 Å². The fourth-order valence-electron chi connectivity index (χ4n) is 7.68. The van der Waals surface area contributed by atoms with Gasteiger partial charge in [0.25, 0.3) is 5.91 Å². The normalized spacial score (nSPS) is 24.1. The molecule has 17 heteroatoms. The number of likely N-dealkylation sites (N-methyl/N-ethyl adjacent to an activating group) is 1. The lowest BCUT2D eigenvalue weighted by Gasteiger charge is -2.50. The van der Waals surface area contributed by atoms with Crippen LogP contribution in [-0.2, 0) is 35.1 Å². The molecule has 0 aliphatic heterocycles. The van der Waals surface area contributed by atoms with Gasteiger partial charge < -0.3 is 45.9 Å². The first-order valence-corrected chi connectivity index (χ1v) is 17.2. The number of phenolic OH excluding ortho intramolecular Hbond substituents is 1. The molecule has 0 radical (unpaired) electrons. The summed E-state index contributed by atoms with van der Waals surface area (Å²) in [4.78, 5) is 82.9. The second-order valence-electron chi connectivity index (χ2n) is 15.4. The van der Waals surface area contributed by atoms with Crippen LogP contribution in [0, 0.1) is 17.8 Å². The summed E-state index contributed by atoms with van der Waals surface area (Å²) in [6.07, 6.45) is 1.35. The maximum atomic E-state index is 14.3. The molecule has 17 nitrogen and oxygen atoms in total. The van der Waals surface area contributed by atoms with Crippen molar-refractivity contribution in [3.63, 3.8) is 0 Å². The lowest BCUT2D eigenvalue weighted by atomic mass is 9.58. The third-order valence-corrected chi connectivity index (χ3v) is 10.6. The van der Waals surface area contributed by atoms with Crippen molar-refractivity contribution in [2.45, 2.75) is 70.1 Å². The van der Waals surface area contributed by atoms with Crippen molar-refractivity contribution >= 4 is 46.8 Å². The number of nitrogens with one attached hydrogen (secondary N) is 1. The zero-order valence-electron chi connectivity index (χ0n) is 30.8. The summed E-state index contributed by atoms with van der Waals surface area (Å²) in [5.74, 6) is -9.41. The van der Waals surface area contributed by atoms with Crippen LogP contribution in [0.2, 0.25) is 0 Å². The number of allylic oxidation sites excluding steroid dienone is 1. The number of amides is 3. The highest BCUT2D eigenvalue weighted by Gasteiger charge is 2.63. The summed E-state index contributed by atoms with van der Waals surface area (Å²) in [6, 6.07) is 0.319. The number of hydrogen-bond acceptors (Lipinski definition) is 14. The largest absolute Gasteiger partial charge is 0.510 e. The summed E-state index contributed by atoms with van der Waals surface area (Å²) in [7, 11) is 6.44. The molecule has 5 rings (SSSR count). The van der Waals surface area contributed by atoms with Gasteiger partial charge in [-0.3, -0.25) is 33.8 Å². The summed E-state index contributed by atoms with van der Waals surface area (Å²) in [5.41, 5.74) is 0.659. The van der Waals surface area contributed by atoms with Crippen molar-refractivity contribution in [2.24, 2.45) is 23.5 Å². The van der Waals surface area contributed by atoms with Crippen LogP contribution in [-0.4, -0.2) is 124 Å². The molecular weight excluding hydrogens is 694 g/mol. The van der Waals surface area contributed by atoms with Crippen LogP contribution in [0.5, 0.6) is 5.75 Å². The van der Waals surface area contributed by atoms with E-state index in [0.717, 1.165) is 11.3 Å². The second kappa shape index (κ2) is 14.0. The molecule has 1 aromatic rings. The van der Waals surface area contributed by atoms with Crippen molar-refractivity contribution < 1.29 is 58.7 Å². The first kappa shape index (κ1) is 39.1. The Morgan fingerprint density at radius 1 is 1.04 bits per heavy atom. The van der Waals surface area contributed by atoms with E-state index in [1.807, 2.05) is 0 Å². The maximum absolute atomic E-state index is 14.3. The molecule has 1 fully saturated rings. The molecule has 1 saturated carbocycles. The first-order valence-electron chi connectivity index (χ1n) is 17.2. The molecule has 0 heterocycles. The van der Waals surface area contributed by atoms with Gasteiger partial charge >= 0.3 is 12.1 Å². The number of Topliss-reactive ketones (excluding diaryl/α,β-unsaturated/α-hetero) is 2. The number of esters is 1. The van der Waals surface area contributed by atoms with Crippen LogP contribution in [0.3, 0.4) is 0 Å². The number of nitrogens with two attached hydrogens (primary N) is 1. The third-order valence-electron chi connectivity index (χ3n) is 10.6. The molecule has 4 aliphatic carbocycles. The molecule has 3 amide bonds. The maximum Gasteiger partial charge on any atom is 0.413 e. The number of benzene rings is 1. The summed E-state index contributed by atoms with van der Waals surface area (Å²) >= 11 is 0. The number of aromatic hydroxyl groups is 1. The Morgan fingerprint density at radius 2 is 1.68 bits per heavy atom. The number of aliphatic hydroxyl groups is 3. The molecule has 0 bridgehead atoms. The number of anilines is 2. The van der Waals surface area contributed by atoms with E-state index in [0.29, 0.717) is 24.1 Å². The highest BCUT2D eigenvalue weighted by molar-refractivity contribution is 6.25. The fourth-order valence-corrected chi connectivity index (χ4v) is 7.68. The van der Waals surface area contributed by atoms with E-state index in [4.69, 9.17) is 15.2 Å². The molecule has 4 atom stereocenters. The van der Waals surface area contributed by atoms with Crippen LogP contribution < -0.4 is 16.0 Å². The number of fused-ring (bicyclic) bond motifs is 3. The second-order valence-corrected chi connectivity index (χ2v) is 15.4. The molecule has 288 valence electrons. The van der Waals surface area contributed by atoms with E-state index >= 15 is 0 Å². The fraction of sp³-hybridized carbons (Fsp3) is 0.556. The van der Waals surface area contributed by atoms with Crippen LogP contribution in [0.15, 0.2) is 28.7 Å². The topological polar surface area (TPSA) is 250 Å². The lowest BCUT2D eigenvalue weighted by molar-refractivity contribution is -0.160. The third kappa shape index (κ3) is 6.67. The lowest BCUT2D eigenvalue weighted by Crippen LogP contribution is -2.63. The van der Waals surface area contributed by atoms with Gasteiger partial charge in [0.15, 0.2) is 17.1 Å². The number of hydrogen-bond donors (Lipinski definition) is 6. The average molecular weight is 742 g/mol. The monoisotopic (exact) mass is 741 g/mol. The Morgan fingerprint density at radius 3 is 2.21 bits per heavy atom. The van der Waals surface area contributed by atoms with Crippen LogP contribution in [0.4, 0.5) is 16.2 Å². The Hall–Kier alpha value is -5.16. The van der Waals surface area contributed by atoms with Gasteiger partial charge in [0.05, 0.1) is 23.2 Å². The minimum Gasteiger partial charge on any atom is -0.510 e. The van der Waals surface area contributed by atoms with Crippen molar-refractivity contribution in [2.75, 3.05) is 51.7 Å². The molecule has 53 heavy (non-hydrogen) atoms. The Kier molecular flexibility index (Phi) is 10.3. The average Bonchev–Trinajstić information content (AvgIpc) is 3.01. The standard InChI is InChI=1S/C36H47N5O12/c1-35(2,3)41(34(50)53-15-52-33(49)16-9-8-10-16)14-22(42)38-20-13-21(39(4)5)18-11-17-12-19-26(40(6)7)29(45)25(32(37)48)31(47)36(19,51)30(46)23(17)28(44)24(18)27(20)43/h13,16-17,19,26,43,45-46,51H,8-12,14-15H2,1-7H3,(H2,37,48)(H,38,42)/t17-,19-,26-,36-/m0/s1. The van der Waals surface area contributed by atoms with E-state index < -0.39 is 101 Å². The first-order chi connectivity index (χ1) is 24.6. The molecule has 0 unspecified atom stereocenters. The van der Waals surface area contributed by atoms with E-state index in [-0.39, 0.29) is 35.6 Å². The predicted octanol–water partition coefficient (Wildman–Crippen LogP) is 1.66. The van der Waals surface area contributed by atoms with Crippen molar-refractivity contribution in [1.29, 1.82) is 0 Å². The number of carbonyl (C=O) groups excluding carboxylic acids is 6. The predicted molar refractivity (Wildman–Crippen MR) is 188 cm³/mol. The van der Waals surface area contributed by atoms with Gasteiger partial charge in [-0.15, -0.1) is 0 Å². The summed E-state index contributed by atoms with van der Waals surface area (Å²) in [5, 5.41) is 48.6. The minimum atomic E-state index is -2.81. The highest BCUT2D eigenvalue weighted by Crippen LogP contribution is 2.54. The number of carbonyl (C=O) groups is 6. The Labute approximate surface area is 306 Å². The Bertz CT molecular complexity index is 1840. The van der Waals surface area contributed by atoms with Gasteiger partial charge in [0, 0.05) is 36.8 Å². The highest BCUT2D eigenvalue weighted by atomic mass is 16.7. The number of aliphatic hydroxyl groups excluding tert-OH is 2. The van der Waals surface area contributed by atoms with E-state index in [1.165, 1.54) is 11.0 Å². The number of primary amides is 1. The van der Waals surface area contributed by atoms with Crippen molar-refractivity contribution in [3.8, 4) is 5.75 Å². The van der Waals surface area contributed by atoms with Gasteiger partial charge in [0.1, 0.15) is 23.6 Å². The molecule has 0 spiro atoms. The summed E-state index contributed by atoms with van der Waals surface area (Å²) in [6.45, 7) is 3.76. The van der Waals surface area contributed by atoms with Gasteiger partial charge in [-0.1, -0.05) is 6.42 Å². The van der Waals surface area contributed by atoms with Crippen LogP contribution in [0.25, 0.3) is 0 Å². The smallest absolute Gasteiger partial charge is 0.413 e. The van der Waals surface area contributed by atoms with Gasteiger partial charge in [-0.25, -0.2) is 4.79 Å². The number of rotatable bonds is 9. The zero-order chi connectivity index (χ0) is 39.5. The summed E-state index contributed by atoms with van der Waals surface area (Å²) < 4.78 is 10.2.